The lowest BCUT2D eigenvalue weighted by Gasteiger charge is -2.17. The van der Waals surface area contributed by atoms with Crippen molar-refractivity contribution in [2.24, 2.45) is 10.7 Å². The highest BCUT2D eigenvalue weighted by molar-refractivity contribution is 14.0. The van der Waals surface area contributed by atoms with Crippen LogP contribution < -0.4 is 11.1 Å². The number of nitrogens with two attached hydrogens (primary N) is 1. The molecular formula is C16H23F3IN3. The Balaban J connectivity index is 0.00000264. The second-order valence-corrected chi connectivity index (χ2v) is 6.01. The molecule has 2 rings (SSSR count). The van der Waals surface area contributed by atoms with Gasteiger partial charge in [-0.25, -0.2) is 0 Å². The molecule has 1 unspecified atom stereocenters. The van der Waals surface area contributed by atoms with E-state index in [0.717, 1.165) is 25.3 Å². The van der Waals surface area contributed by atoms with E-state index in [4.69, 9.17) is 5.73 Å². The molecule has 1 aromatic carbocycles. The molecule has 1 atom stereocenters. The first-order valence-corrected chi connectivity index (χ1v) is 7.51. The molecule has 0 bridgehead atoms. The molecule has 1 saturated carbocycles. The second-order valence-electron chi connectivity index (χ2n) is 6.01. The number of rotatable bonds is 5. The number of nitrogens with zero attached hydrogens (tertiary/aromatic N) is 1. The number of nitrogens with one attached hydrogen (secondary N) is 1. The third-order valence-corrected chi connectivity index (χ3v) is 4.21. The van der Waals surface area contributed by atoms with Crippen molar-refractivity contribution in [1.29, 1.82) is 0 Å². The van der Waals surface area contributed by atoms with E-state index in [1.807, 2.05) is 13.8 Å². The third kappa shape index (κ3) is 5.26. The van der Waals surface area contributed by atoms with E-state index >= 15 is 0 Å². The maximum Gasteiger partial charge on any atom is 0.416 e. The molecule has 0 aliphatic heterocycles. The highest BCUT2D eigenvalue weighted by Gasteiger charge is 2.45. The Hall–Kier alpha value is -0.990. The second kappa shape index (κ2) is 7.72. The van der Waals surface area contributed by atoms with Gasteiger partial charge < -0.3 is 11.1 Å². The fraction of sp³-hybridized carbons (Fsp3) is 0.562. The Kier molecular flexibility index (Phi) is 6.73. The summed E-state index contributed by atoms with van der Waals surface area (Å²) in [6.07, 6.45) is -1.70. The zero-order valence-corrected chi connectivity index (χ0v) is 15.6. The average Bonchev–Trinajstić information content (AvgIpc) is 3.25. The first-order chi connectivity index (χ1) is 10.3. The fourth-order valence-electron chi connectivity index (χ4n) is 2.35. The van der Waals surface area contributed by atoms with Gasteiger partial charge in [0.05, 0.1) is 12.1 Å². The van der Waals surface area contributed by atoms with E-state index in [0.29, 0.717) is 18.1 Å². The van der Waals surface area contributed by atoms with E-state index in [2.05, 4.69) is 10.3 Å². The Morgan fingerprint density at radius 3 is 2.57 bits per heavy atom. The molecule has 0 spiro atoms. The zero-order valence-electron chi connectivity index (χ0n) is 13.3. The van der Waals surface area contributed by atoms with Crippen LogP contribution in [-0.4, -0.2) is 18.5 Å². The summed E-state index contributed by atoms with van der Waals surface area (Å²) in [4.78, 5) is 4.32. The lowest BCUT2D eigenvalue weighted by atomic mass is 9.94. The van der Waals surface area contributed by atoms with E-state index in [9.17, 15) is 13.2 Å². The predicted octanol–water partition coefficient (Wildman–Crippen LogP) is 4.06. The van der Waals surface area contributed by atoms with Crippen molar-refractivity contribution in [2.75, 3.05) is 6.54 Å². The van der Waals surface area contributed by atoms with Gasteiger partial charge in [0.15, 0.2) is 5.96 Å². The summed E-state index contributed by atoms with van der Waals surface area (Å²) >= 11 is 0. The first kappa shape index (κ1) is 20.1. The van der Waals surface area contributed by atoms with Crippen LogP contribution in [0.3, 0.4) is 0 Å². The van der Waals surface area contributed by atoms with Crippen molar-refractivity contribution >= 4 is 29.9 Å². The molecule has 23 heavy (non-hydrogen) atoms. The van der Waals surface area contributed by atoms with E-state index in [1.54, 1.807) is 6.07 Å². The van der Waals surface area contributed by atoms with Gasteiger partial charge in [-0.2, -0.15) is 13.2 Å². The standard InChI is InChI=1S/C16H22F3N3.HI/c1-3-11(2)22-14(20)21-10-15(7-8-15)12-5-4-6-13(9-12)16(17,18)19;/h4-6,9,11H,3,7-8,10H2,1-2H3,(H3,20,21,22);1H. The van der Waals surface area contributed by atoms with Gasteiger partial charge in [-0.15, -0.1) is 24.0 Å². The van der Waals surface area contributed by atoms with Crippen molar-refractivity contribution < 1.29 is 13.2 Å². The number of hydrogen-bond acceptors (Lipinski definition) is 1. The average molecular weight is 441 g/mol. The topological polar surface area (TPSA) is 50.4 Å². The van der Waals surface area contributed by atoms with Crippen LogP contribution in [0, 0.1) is 0 Å². The predicted molar refractivity (Wildman–Crippen MR) is 97.1 cm³/mol. The SMILES string of the molecule is CCC(C)NC(N)=NCC1(c2cccc(C(F)(F)F)c2)CC1.I. The molecule has 3 N–H and O–H groups in total. The number of guanidine groups is 1. The Bertz CT molecular complexity index is 554. The monoisotopic (exact) mass is 441 g/mol. The van der Waals surface area contributed by atoms with Gasteiger partial charge in [-0.05, 0) is 37.8 Å². The zero-order chi connectivity index (χ0) is 16.4. The summed E-state index contributed by atoms with van der Waals surface area (Å²) in [7, 11) is 0. The van der Waals surface area contributed by atoms with E-state index in [1.165, 1.54) is 12.1 Å². The van der Waals surface area contributed by atoms with Gasteiger partial charge in [0.1, 0.15) is 0 Å². The number of aliphatic imine (C=N–C) groups is 1. The van der Waals surface area contributed by atoms with Gasteiger partial charge in [0.2, 0.25) is 0 Å². The maximum absolute atomic E-state index is 12.8. The Morgan fingerprint density at radius 1 is 1.39 bits per heavy atom. The normalized spacial score (nSPS) is 18.0. The molecular weight excluding hydrogens is 418 g/mol. The van der Waals surface area contributed by atoms with Crippen molar-refractivity contribution in [3.05, 3.63) is 35.4 Å². The van der Waals surface area contributed by atoms with Gasteiger partial charge >= 0.3 is 6.18 Å². The lowest BCUT2D eigenvalue weighted by Crippen LogP contribution is -2.38. The van der Waals surface area contributed by atoms with Gasteiger partial charge in [0.25, 0.3) is 0 Å². The molecule has 0 aromatic heterocycles. The third-order valence-electron chi connectivity index (χ3n) is 4.21. The van der Waals surface area contributed by atoms with Crippen LogP contribution in [0.15, 0.2) is 29.3 Å². The van der Waals surface area contributed by atoms with Gasteiger partial charge in [-0.3, -0.25) is 4.99 Å². The van der Waals surface area contributed by atoms with Gasteiger partial charge in [-0.1, -0.05) is 25.1 Å². The summed E-state index contributed by atoms with van der Waals surface area (Å²) < 4.78 is 38.4. The van der Waals surface area contributed by atoms with Crippen molar-refractivity contribution in [3.63, 3.8) is 0 Å². The van der Waals surface area contributed by atoms with Crippen LogP contribution in [0.2, 0.25) is 0 Å². The molecule has 130 valence electrons. The fourth-order valence-corrected chi connectivity index (χ4v) is 2.35. The Labute approximate surface area is 152 Å². The van der Waals surface area contributed by atoms with E-state index < -0.39 is 11.7 Å². The van der Waals surface area contributed by atoms with Crippen LogP contribution in [0.5, 0.6) is 0 Å². The number of benzene rings is 1. The molecule has 1 aromatic rings. The molecule has 3 nitrogen and oxygen atoms in total. The van der Waals surface area contributed by atoms with Crippen molar-refractivity contribution in [2.45, 2.75) is 50.7 Å². The highest BCUT2D eigenvalue weighted by atomic mass is 127. The number of halogens is 4. The number of hydrogen-bond donors (Lipinski definition) is 2. The van der Waals surface area contributed by atoms with Crippen molar-refractivity contribution in [3.8, 4) is 0 Å². The molecule has 1 fully saturated rings. The quantitative estimate of drug-likeness (QED) is 0.412. The van der Waals surface area contributed by atoms with E-state index in [-0.39, 0.29) is 35.4 Å². The smallest absolute Gasteiger partial charge is 0.370 e. The van der Waals surface area contributed by atoms with Crippen molar-refractivity contribution in [1.82, 2.24) is 5.32 Å². The first-order valence-electron chi connectivity index (χ1n) is 7.51. The van der Waals surface area contributed by atoms with Crippen LogP contribution in [0.25, 0.3) is 0 Å². The molecule has 0 saturated heterocycles. The minimum Gasteiger partial charge on any atom is -0.370 e. The molecule has 1 aliphatic rings. The van der Waals surface area contributed by atoms with Crippen LogP contribution >= 0.6 is 24.0 Å². The molecule has 0 radical (unpaired) electrons. The minimum absolute atomic E-state index is 0. The summed E-state index contributed by atoms with van der Waals surface area (Å²) in [6, 6.07) is 5.77. The Morgan fingerprint density at radius 2 is 2.04 bits per heavy atom. The maximum atomic E-state index is 12.8. The molecule has 1 aliphatic carbocycles. The molecule has 0 heterocycles. The summed E-state index contributed by atoms with van der Waals surface area (Å²) in [6.45, 7) is 4.46. The summed E-state index contributed by atoms with van der Waals surface area (Å²) in [5.41, 5.74) is 5.62. The van der Waals surface area contributed by atoms with Crippen LogP contribution in [0.4, 0.5) is 13.2 Å². The summed E-state index contributed by atoms with van der Waals surface area (Å²) in [5, 5.41) is 3.06. The highest BCUT2D eigenvalue weighted by Crippen LogP contribution is 2.49. The van der Waals surface area contributed by atoms with Gasteiger partial charge in [0, 0.05) is 11.5 Å². The number of alkyl halides is 3. The lowest BCUT2D eigenvalue weighted by molar-refractivity contribution is -0.137. The van der Waals surface area contributed by atoms with Crippen LogP contribution in [0.1, 0.15) is 44.2 Å². The molecule has 0 amide bonds. The molecule has 7 heteroatoms. The largest absolute Gasteiger partial charge is 0.416 e. The minimum atomic E-state index is -4.31. The van der Waals surface area contributed by atoms with Crippen LogP contribution in [-0.2, 0) is 11.6 Å². The summed E-state index contributed by atoms with van der Waals surface area (Å²) in [5.74, 6) is 0.354.